The minimum Gasteiger partial charge on any atom is -0.497 e. The van der Waals surface area contributed by atoms with E-state index in [0.717, 1.165) is 16.9 Å². The Balaban J connectivity index is 1.73. The number of nitriles is 1. The zero-order valence-electron chi connectivity index (χ0n) is 18.3. The highest BCUT2D eigenvalue weighted by Crippen LogP contribution is 2.37. The molecule has 3 rings (SSSR count). The Morgan fingerprint density at radius 1 is 1.03 bits per heavy atom. The van der Waals surface area contributed by atoms with E-state index in [9.17, 15) is 10.1 Å². The Hall–Kier alpha value is -3.76. The minimum absolute atomic E-state index is 0.0181. The van der Waals surface area contributed by atoms with Crippen LogP contribution in [-0.4, -0.2) is 20.1 Å². The SMILES string of the molecule is COc1ccc(CNC(=O)/C(C#N)=C\c2cc(Br)c(OCc3ccccc3)c(OC)c2)cc1. The summed E-state index contributed by atoms with van der Waals surface area (Å²) in [5.74, 6) is 1.30. The van der Waals surface area contributed by atoms with E-state index in [4.69, 9.17) is 14.2 Å². The molecule has 0 bridgehead atoms. The summed E-state index contributed by atoms with van der Waals surface area (Å²) in [7, 11) is 3.13. The van der Waals surface area contributed by atoms with E-state index in [1.807, 2.05) is 60.7 Å². The largest absolute Gasteiger partial charge is 0.497 e. The molecule has 168 valence electrons. The van der Waals surface area contributed by atoms with E-state index in [-0.39, 0.29) is 5.57 Å². The van der Waals surface area contributed by atoms with Crippen LogP contribution in [0.1, 0.15) is 16.7 Å². The number of carbonyl (C=O) groups excluding carboxylic acids is 1. The van der Waals surface area contributed by atoms with Gasteiger partial charge in [0.1, 0.15) is 24.0 Å². The highest BCUT2D eigenvalue weighted by Gasteiger charge is 2.14. The van der Waals surface area contributed by atoms with E-state index in [1.54, 1.807) is 19.2 Å². The summed E-state index contributed by atoms with van der Waals surface area (Å²) in [6.07, 6.45) is 1.51. The van der Waals surface area contributed by atoms with Gasteiger partial charge in [-0.1, -0.05) is 42.5 Å². The Labute approximate surface area is 201 Å². The lowest BCUT2D eigenvalue weighted by Gasteiger charge is -2.14. The molecule has 33 heavy (non-hydrogen) atoms. The molecule has 0 aliphatic heterocycles. The Morgan fingerprint density at radius 3 is 2.39 bits per heavy atom. The third-order valence-electron chi connectivity index (χ3n) is 4.77. The van der Waals surface area contributed by atoms with Crippen LogP contribution in [0.2, 0.25) is 0 Å². The maximum atomic E-state index is 12.5. The quantitative estimate of drug-likeness (QED) is 0.315. The van der Waals surface area contributed by atoms with Gasteiger partial charge in [-0.05, 0) is 63.0 Å². The number of benzene rings is 3. The van der Waals surface area contributed by atoms with Gasteiger partial charge in [-0.15, -0.1) is 0 Å². The topological polar surface area (TPSA) is 80.6 Å². The molecule has 3 aromatic carbocycles. The molecule has 0 atom stereocenters. The van der Waals surface area contributed by atoms with E-state index < -0.39 is 5.91 Å². The predicted molar refractivity (Wildman–Crippen MR) is 130 cm³/mol. The number of methoxy groups -OCH3 is 2. The molecule has 0 heterocycles. The van der Waals surface area contributed by atoms with E-state index in [2.05, 4.69) is 21.2 Å². The lowest BCUT2D eigenvalue weighted by molar-refractivity contribution is -0.117. The monoisotopic (exact) mass is 506 g/mol. The van der Waals surface area contributed by atoms with Crippen molar-refractivity contribution in [2.75, 3.05) is 14.2 Å². The molecule has 0 fully saturated rings. The van der Waals surface area contributed by atoms with Crippen molar-refractivity contribution in [3.8, 4) is 23.3 Å². The number of hydrogen-bond donors (Lipinski definition) is 1. The Morgan fingerprint density at radius 2 is 1.76 bits per heavy atom. The fourth-order valence-corrected chi connectivity index (χ4v) is 3.60. The molecule has 6 nitrogen and oxygen atoms in total. The number of ether oxygens (including phenoxy) is 3. The summed E-state index contributed by atoms with van der Waals surface area (Å²) < 4.78 is 17.2. The van der Waals surface area contributed by atoms with Gasteiger partial charge < -0.3 is 19.5 Å². The van der Waals surface area contributed by atoms with Gasteiger partial charge in [0.05, 0.1) is 18.7 Å². The Bertz CT molecular complexity index is 1170. The van der Waals surface area contributed by atoms with Crippen molar-refractivity contribution in [2.45, 2.75) is 13.2 Å². The van der Waals surface area contributed by atoms with Crippen LogP contribution in [0.3, 0.4) is 0 Å². The van der Waals surface area contributed by atoms with Crippen LogP contribution in [-0.2, 0) is 17.9 Å². The van der Waals surface area contributed by atoms with Gasteiger partial charge in [-0.2, -0.15) is 5.26 Å². The molecule has 1 amide bonds. The smallest absolute Gasteiger partial charge is 0.262 e. The van der Waals surface area contributed by atoms with Crippen molar-refractivity contribution in [2.24, 2.45) is 0 Å². The molecule has 0 spiro atoms. The maximum absolute atomic E-state index is 12.5. The number of nitrogens with zero attached hydrogens (tertiary/aromatic N) is 1. The first-order valence-corrected chi connectivity index (χ1v) is 10.9. The summed E-state index contributed by atoms with van der Waals surface area (Å²) >= 11 is 3.51. The number of nitrogens with one attached hydrogen (secondary N) is 1. The number of amides is 1. The number of halogens is 1. The maximum Gasteiger partial charge on any atom is 0.262 e. The first-order valence-electron chi connectivity index (χ1n) is 10.1. The highest BCUT2D eigenvalue weighted by molar-refractivity contribution is 9.10. The van der Waals surface area contributed by atoms with Crippen molar-refractivity contribution >= 4 is 27.9 Å². The van der Waals surface area contributed by atoms with Crippen molar-refractivity contribution < 1.29 is 19.0 Å². The number of hydrogen-bond acceptors (Lipinski definition) is 5. The zero-order valence-corrected chi connectivity index (χ0v) is 19.9. The summed E-state index contributed by atoms with van der Waals surface area (Å²) in [5.41, 5.74) is 2.53. The van der Waals surface area contributed by atoms with Crippen LogP contribution < -0.4 is 19.5 Å². The van der Waals surface area contributed by atoms with Gasteiger partial charge in [0, 0.05) is 6.54 Å². The molecule has 3 aromatic rings. The lowest BCUT2D eigenvalue weighted by atomic mass is 10.1. The van der Waals surface area contributed by atoms with Crippen LogP contribution in [0.15, 0.2) is 76.8 Å². The normalized spacial score (nSPS) is 10.8. The van der Waals surface area contributed by atoms with E-state index in [1.165, 1.54) is 13.2 Å². The standard InChI is InChI=1S/C26H23BrN2O4/c1-31-22-10-8-18(9-11-22)16-29-26(30)21(15-28)12-20-13-23(27)25(24(14-20)32-2)33-17-19-6-4-3-5-7-19/h3-14H,16-17H2,1-2H3,(H,29,30)/b21-12-. The fraction of sp³-hybridized carbons (Fsp3) is 0.154. The molecule has 1 N–H and O–H groups in total. The summed E-state index contributed by atoms with van der Waals surface area (Å²) in [6, 6.07) is 22.6. The van der Waals surface area contributed by atoms with E-state index in [0.29, 0.717) is 34.7 Å². The van der Waals surface area contributed by atoms with E-state index >= 15 is 0 Å². The zero-order chi connectivity index (χ0) is 23.6. The number of rotatable bonds is 9. The molecule has 7 heteroatoms. The van der Waals surface area contributed by atoms with Gasteiger partial charge >= 0.3 is 0 Å². The predicted octanol–water partition coefficient (Wildman–Crippen LogP) is 5.27. The first kappa shape index (κ1) is 23.9. The number of carbonyl (C=O) groups is 1. The van der Waals surface area contributed by atoms with Crippen LogP contribution in [0.5, 0.6) is 17.2 Å². The van der Waals surface area contributed by atoms with Crippen molar-refractivity contribution in [1.82, 2.24) is 5.32 Å². The fourth-order valence-electron chi connectivity index (χ4n) is 3.03. The molecule has 0 unspecified atom stereocenters. The molecular weight excluding hydrogens is 484 g/mol. The van der Waals surface area contributed by atoms with Crippen molar-refractivity contribution in [1.29, 1.82) is 5.26 Å². The van der Waals surface area contributed by atoms with Gasteiger partial charge in [0.15, 0.2) is 11.5 Å². The molecule has 0 aliphatic rings. The molecule has 0 aromatic heterocycles. The van der Waals surface area contributed by atoms with Gasteiger partial charge in [-0.25, -0.2) is 0 Å². The third kappa shape index (κ3) is 6.61. The lowest BCUT2D eigenvalue weighted by Crippen LogP contribution is -2.23. The van der Waals surface area contributed by atoms with Gasteiger partial charge in [0.25, 0.3) is 5.91 Å². The minimum atomic E-state index is -0.465. The molecular formula is C26H23BrN2O4. The second-order valence-corrected chi connectivity index (χ2v) is 7.86. The molecule has 0 saturated heterocycles. The van der Waals surface area contributed by atoms with Crippen LogP contribution in [0.4, 0.5) is 0 Å². The summed E-state index contributed by atoms with van der Waals surface area (Å²) in [4.78, 5) is 12.5. The molecule has 0 aliphatic carbocycles. The summed E-state index contributed by atoms with van der Waals surface area (Å²) in [6.45, 7) is 0.670. The molecule has 0 radical (unpaired) electrons. The van der Waals surface area contributed by atoms with Crippen LogP contribution in [0.25, 0.3) is 6.08 Å². The molecule has 0 saturated carbocycles. The van der Waals surface area contributed by atoms with Crippen LogP contribution in [0, 0.1) is 11.3 Å². The van der Waals surface area contributed by atoms with Crippen molar-refractivity contribution in [3.05, 3.63) is 93.5 Å². The average molecular weight is 507 g/mol. The third-order valence-corrected chi connectivity index (χ3v) is 5.36. The highest BCUT2D eigenvalue weighted by atomic mass is 79.9. The first-order chi connectivity index (χ1) is 16.0. The average Bonchev–Trinajstić information content (AvgIpc) is 2.85. The second kappa shape index (κ2) is 11.7. The summed E-state index contributed by atoms with van der Waals surface area (Å²) in [5, 5.41) is 12.3. The van der Waals surface area contributed by atoms with Gasteiger partial charge in [-0.3, -0.25) is 4.79 Å². The van der Waals surface area contributed by atoms with Crippen molar-refractivity contribution in [3.63, 3.8) is 0 Å². The van der Waals surface area contributed by atoms with Gasteiger partial charge in [0.2, 0.25) is 0 Å². The second-order valence-electron chi connectivity index (χ2n) is 7.01. The Kier molecular flexibility index (Phi) is 8.50. The van der Waals surface area contributed by atoms with Crippen LogP contribution >= 0.6 is 15.9 Å².